The van der Waals surface area contributed by atoms with Gasteiger partial charge in [-0.2, -0.15) is 0 Å². The third-order valence-corrected chi connectivity index (χ3v) is 5.70. The molecule has 32 heavy (non-hydrogen) atoms. The topological polar surface area (TPSA) is 67.9 Å². The molecule has 0 amide bonds. The number of rotatable bonds is 5. The smallest absolute Gasteiger partial charge is 0.138 e. The molecule has 4 aromatic rings. The molecule has 172 valence electrons. The van der Waals surface area contributed by atoms with E-state index in [0.29, 0.717) is 12.1 Å². The van der Waals surface area contributed by atoms with Gasteiger partial charge < -0.3 is 15.1 Å². The maximum absolute atomic E-state index is 5.80. The Hall–Kier alpha value is -2.09. The molecule has 3 heterocycles. The average molecular weight is 497 g/mol. The van der Waals surface area contributed by atoms with Crippen LogP contribution in [0.15, 0.2) is 65.4 Å². The predicted octanol–water partition coefficient (Wildman–Crippen LogP) is 5.08. The minimum atomic E-state index is 0. The van der Waals surface area contributed by atoms with E-state index >= 15 is 0 Å². The van der Waals surface area contributed by atoms with E-state index < -0.39 is 0 Å². The summed E-state index contributed by atoms with van der Waals surface area (Å²) >= 11 is 0. The van der Waals surface area contributed by atoms with Gasteiger partial charge in [-0.05, 0) is 43.1 Å². The fourth-order valence-corrected chi connectivity index (χ4v) is 4.28. The normalized spacial score (nSPS) is 17.8. The molecule has 0 saturated carbocycles. The minimum absolute atomic E-state index is 0. The van der Waals surface area contributed by atoms with Crippen LogP contribution in [0.1, 0.15) is 30.0 Å². The first-order valence-corrected chi connectivity index (χ1v) is 10.2. The number of nitrogens with zero attached hydrogens (tertiary/aromatic N) is 3. The summed E-state index contributed by atoms with van der Waals surface area (Å²) < 4.78 is 7.53. The standard InChI is InChI=1S/C23H25N5O.3ClH/c1-28-15-21(26-27-28)18-12-17-9-11-29-23(17)19(13-18)14-25-20-8-5-10-24-22(20)16-6-3-2-4-7-16;;;/h2-4,6-7,9,11-13,15,20,22,24-25H,5,8,10,14H2,1H3;3*1H/t20-,22-;;;/m0.../s1. The number of nitrogens with one attached hydrogen (secondary N) is 2. The molecule has 0 aliphatic carbocycles. The van der Waals surface area contributed by atoms with Crippen molar-refractivity contribution in [1.29, 1.82) is 0 Å². The van der Waals surface area contributed by atoms with Crippen LogP contribution >= 0.6 is 37.2 Å². The first-order chi connectivity index (χ1) is 14.3. The molecular weight excluding hydrogens is 469 g/mol. The van der Waals surface area contributed by atoms with Gasteiger partial charge in [0.25, 0.3) is 0 Å². The second kappa shape index (κ2) is 11.7. The molecule has 1 aliphatic heterocycles. The van der Waals surface area contributed by atoms with Gasteiger partial charge in [0.05, 0.1) is 12.5 Å². The van der Waals surface area contributed by atoms with Crippen LogP contribution in [0.5, 0.6) is 0 Å². The predicted molar refractivity (Wildman–Crippen MR) is 135 cm³/mol. The minimum Gasteiger partial charge on any atom is -0.464 e. The Morgan fingerprint density at radius 3 is 2.69 bits per heavy atom. The van der Waals surface area contributed by atoms with Crippen molar-refractivity contribution in [3.63, 3.8) is 0 Å². The van der Waals surface area contributed by atoms with Gasteiger partial charge in [-0.15, -0.1) is 42.3 Å². The average Bonchev–Trinajstić information content (AvgIpc) is 3.41. The molecule has 0 spiro atoms. The summed E-state index contributed by atoms with van der Waals surface area (Å²) in [5.74, 6) is 0. The lowest BCUT2D eigenvalue weighted by molar-refractivity contribution is 0.304. The molecule has 1 saturated heterocycles. The molecule has 0 radical (unpaired) electrons. The first-order valence-electron chi connectivity index (χ1n) is 10.2. The van der Waals surface area contributed by atoms with Crippen LogP contribution in [0.3, 0.4) is 0 Å². The molecular formula is C23H28Cl3N5O. The van der Waals surface area contributed by atoms with E-state index in [-0.39, 0.29) is 37.2 Å². The summed E-state index contributed by atoms with van der Waals surface area (Å²) in [6, 6.07) is 17.7. The summed E-state index contributed by atoms with van der Waals surface area (Å²) in [5.41, 5.74) is 5.35. The highest BCUT2D eigenvalue weighted by atomic mass is 35.5. The number of halogens is 3. The van der Waals surface area contributed by atoms with Crippen molar-refractivity contribution in [2.24, 2.45) is 7.05 Å². The lowest BCUT2D eigenvalue weighted by Crippen LogP contribution is -2.45. The molecule has 6 nitrogen and oxygen atoms in total. The van der Waals surface area contributed by atoms with Gasteiger partial charge in [-0.25, -0.2) is 0 Å². The SMILES string of the molecule is Cl.Cl.Cl.Cn1cc(-c2cc(CN[C@H]3CCCN[C@H]3c3ccccc3)c3occc3c2)nn1. The zero-order chi connectivity index (χ0) is 19.6. The second-order valence-electron chi connectivity index (χ2n) is 7.72. The van der Waals surface area contributed by atoms with Crippen molar-refractivity contribution in [1.82, 2.24) is 25.6 Å². The molecule has 2 N–H and O–H groups in total. The van der Waals surface area contributed by atoms with Gasteiger partial charge in [-0.1, -0.05) is 35.5 Å². The molecule has 2 atom stereocenters. The summed E-state index contributed by atoms with van der Waals surface area (Å²) in [4.78, 5) is 0. The molecule has 1 aliphatic rings. The van der Waals surface area contributed by atoms with E-state index in [0.717, 1.165) is 47.3 Å². The van der Waals surface area contributed by atoms with Gasteiger partial charge in [0, 0.05) is 42.2 Å². The van der Waals surface area contributed by atoms with Crippen molar-refractivity contribution in [2.45, 2.75) is 31.5 Å². The molecule has 0 bridgehead atoms. The van der Waals surface area contributed by atoms with E-state index in [1.165, 1.54) is 12.0 Å². The van der Waals surface area contributed by atoms with Crippen LogP contribution in [0, 0.1) is 0 Å². The summed E-state index contributed by atoms with van der Waals surface area (Å²) in [5, 5.41) is 16.9. The van der Waals surface area contributed by atoms with Crippen LogP contribution in [0.2, 0.25) is 0 Å². The van der Waals surface area contributed by atoms with Crippen LogP contribution in [0.25, 0.3) is 22.2 Å². The van der Waals surface area contributed by atoms with Gasteiger partial charge in [-0.3, -0.25) is 4.68 Å². The van der Waals surface area contributed by atoms with E-state index in [4.69, 9.17) is 4.42 Å². The Kier molecular flexibility index (Phi) is 9.55. The summed E-state index contributed by atoms with van der Waals surface area (Å²) in [6.07, 6.45) is 6.02. The lowest BCUT2D eigenvalue weighted by Gasteiger charge is -2.34. The zero-order valence-electron chi connectivity index (χ0n) is 17.7. The highest BCUT2D eigenvalue weighted by Crippen LogP contribution is 2.29. The highest BCUT2D eigenvalue weighted by molar-refractivity contribution is 5.86. The number of furan rings is 1. The quantitative estimate of drug-likeness (QED) is 0.403. The Balaban J connectivity index is 0.00000121. The molecule has 5 rings (SSSR count). The van der Waals surface area contributed by atoms with Gasteiger partial charge in [0.1, 0.15) is 11.3 Å². The van der Waals surface area contributed by atoms with Gasteiger partial charge in [0.15, 0.2) is 0 Å². The van der Waals surface area contributed by atoms with Gasteiger partial charge in [0.2, 0.25) is 0 Å². The molecule has 1 fully saturated rings. The fourth-order valence-electron chi connectivity index (χ4n) is 4.28. The van der Waals surface area contributed by atoms with Crippen molar-refractivity contribution in [3.8, 4) is 11.3 Å². The summed E-state index contributed by atoms with van der Waals surface area (Å²) in [7, 11) is 1.88. The van der Waals surface area contributed by atoms with E-state index in [1.54, 1.807) is 10.9 Å². The maximum Gasteiger partial charge on any atom is 0.138 e. The molecule has 2 aromatic heterocycles. The number of fused-ring (bicyclic) bond motifs is 1. The maximum atomic E-state index is 5.80. The van der Waals surface area contributed by atoms with Gasteiger partial charge >= 0.3 is 0 Å². The van der Waals surface area contributed by atoms with Crippen molar-refractivity contribution in [3.05, 3.63) is 72.1 Å². The van der Waals surface area contributed by atoms with Crippen molar-refractivity contribution in [2.75, 3.05) is 6.54 Å². The van der Waals surface area contributed by atoms with Crippen LogP contribution < -0.4 is 10.6 Å². The van der Waals surface area contributed by atoms with E-state index in [9.17, 15) is 0 Å². The van der Waals surface area contributed by atoms with Crippen molar-refractivity contribution >= 4 is 48.2 Å². The molecule has 2 aromatic carbocycles. The summed E-state index contributed by atoms with van der Waals surface area (Å²) in [6.45, 7) is 1.80. The number of aryl methyl sites for hydroxylation is 1. The zero-order valence-corrected chi connectivity index (χ0v) is 20.2. The third-order valence-electron chi connectivity index (χ3n) is 5.70. The number of piperidine rings is 1. The Bertz CT molecular complexity index is 1120. The number of benzene rings is 2. The number of hydrogen-bond donors (Lipinski definition) is 2. The van der Waals surface area contributed by atoms with Crippen LogP contribution in [-0.4, -0.2) is 27.6 Å². The monoisotopic (exact) mass is 495 g/mol. The number of aromatic nitrogens is 3. The highest BCUT2D eigenvalue weighted by Gasteiger charge is 2.26. The van der Waals surface area contributed by atoms with Crippen LogP contribution in [0.4, 0.5) is 0 Å². The van der Waals surface area contributed by atoms with E-state index in [2.05, 4.69) is 63.4 Å². The first kappa shape index (κ1) is 26.2. The largest absolute Gasteiger partial charge is 0.464 e. The Labute approximate surface area is 206 Å². The number of hydrogen-bond acceptors (Lipinski definition) is 5. The third kappa shape index (κ3) is 5.45. The Morgan fingerprint density at radius 1 is 1.12 bits per heavy atom. The second-order valence-corrected chi connectivity index (χ2v) is 7.72. The van der Waals surface area contributed by atoms with Crippen molar-refractivity contribution < 1.29 is 4.42 Å². The van der Waals surface area contributed by atoms with E-state index in [1.807, 2.05) is 19.3 Å². The lowest BCUT2D eigenvalue weighted by atomic mass is 9.92. The fraction of sp³-hybridized carbons (Fsp3) is 0.304. The van der Waals surface area contributed by atoms with Crippen LogP contribution in [-0.2, 0) is 13.6 Å². The molecule has 0 unspecified atom stereocenters. The Morgan fingerprint density at radius 2 is 1.94 bits per heavy atom. The molecule has 9 heteroatoms.